The molecule has 0 unspecified atom stereocenters. The Balaban J connectivity index is 1.49. The number of amides is 1. The summed E-state index contributed by atoms with van der Waals surface area (Å²) in [4.78, 5) is 20.8. The predicted octanol–water partition coefficient (Wildman–Crippen LogP) is 1.03. The number of thiazole rings is 1. The molecule has 0 N–H and O–H groups in total. The van der Waals surface area contributed by atoms with Crippen LogP contribution in [0, 0.1) is 13.8 Å². The summed E-state index contributed by atoms with van der Waals surface area (Å²) >= 11 is 1.59. The van der Waals surface area contributed by atoms with Crippen molar-refractivity contribution in [2.45, 2.75) is 26.8 Å². The van der Waals surface area contributed by atoms with Gasteiger partial charge in [0.2, 0.25) is 5.91 Å². The minimum absolute atomic E-state index is 0.157. The summed E-state index contributed by atoms with van der Waals surface area (Å²) < 4.78 is 4.72. The third-order valence-corrected chi connectivity index (χ3v) is 4.67. The van der Waals surface area contributed by atoms with E-state index in [0.29, 0.717) is 6.42 Å². The molecule has 22 heavy (non-hydrogen) atoms. The van der Waals surface area contributed by atoms with Gasteiger partial charge in [-0.25, -0.2) is 9.61 Å². The van der Waals surface area contributed by atoms with Crippen molar-refractivity contribution in [3.63, 3.8) is 0 Å². The first-order valence-electron chi connectivity index (χ1n) is 7.31. The van der Waals surface area contributed by atoms with Crippen molar-refractivity contribution in [3.8, 4) is 0 Å². The maximum absolute atomic E-state index is 12.3. The van der Waals surface area contributed by atoms with Crippen LogP contribution in [0.5, 0.6) is 0 Å². The maximum atomic E-state index is 12.3. The quantitative estimate of drug-likeness (QED) is 0.837. The van der Waals surface area contributed by atoms with E-state index in [1.807, 2.05) is 24.1 Å². The monoisotopic (exact) mass is 321 g/mol. The van der Waals surface area contributed by atoms with E-state index in [0.717, 1.165) is 54.8 Å². The summed E-state index contributed by atoms with van der Waals surface area (Å²) in [7, 11) is 0. The van der Waals surface area contributed by atoms with E-state index in [-0.39, 0.29) is 5.91 Å². The summed E-state index contributed by atoms with van der Waals surface area (Å²) in [6.45, 7) is 7.74. The summed E-state index contributed by atoms with van der Waals surface area (Å²) in [6, 6.07) is 0. The van der Waals surface area contributed by atoms with E-state index in [1.165, 1.54) is 0 Å². The standard InChI is InChI=1S/C14H19N5O2S/c1-10-13(17-21-16-10)8-18-3-5-19(6-4-18)14(20)7-12-9-22-11(2)15-12/h9H,3-8H2,1-2H3. The fourth-order valence-electron chi connectivity index (χ4n) is 2.52. The topological polar surface area (TPSA) is 75.4 Å². The average Bonchev–Trinajstić information content (AvgIpc) is 3.09. The molecule has 0 aromatic carbocycles. The van der Waals surface area contributed by atoms with Crippen LogP contribution < -0.4 is 0 Å². The van der Waals surface area contributed by atoms with Crippen LogP contribution in [-0.4, -0.2) is 57.2 Å². The molecule has 1 aliphatic rings. The minimum atomic E-state index is 0.157. The molecule has 1 amide bonds. The third-order valence-electron chi connectivity index (χ3n) is 3.84. The van der Waals surface area contributed by atoms with Gasteiger partial charge >= 0.3 is 0 Å². The van der Waals surface area contributed by atoms with Crippen molar-refractivity contribution in [1.29, 1.82) is 0 Å². The first-order chi connectivity index (χ1) is 10.6. The smallest absolute Gasteiger partial charge is 0.228 e. The Morgan fingerprint density at radius 2 is 2.05 bits per heavy atom. The Morgan fingerprint density at radius 1 is 1.27 bits per heavy atom. The normalized spacial score (nSPS) is 16.2. The zero-order valence-electron chi connectivity index (χ0n) is 12.8. The van der Waals surface area contributed by atoms with Crippen molar-refractivity contribution >= 4 is 17.2 Å². The molecule has 3 heterocycles. The second-order valence-electron chi connectivity index (χ2n) is 5.49. The molecular weight excluding hydrogens is 302 g/mol. The van der Waals surface area contributed by atoms with Gasteiger partial charge in [-0.3, -0.25) is 9.69 Å². The van der Waals surface area contributed by atoms with E-state index in [4.69, 9.17) is 4.63 Å². The van der Waals surface area contributed by atoms with Crippen molar-refractivity contribution in [2.24, 2.45) is 0 Å². The molecule has 0 bridgehead atoms. The van der Waals surface area contributed by atoms with Crippen LogP contribution in [0.3, 0.4) is 0 Å². The highest BCUT2D eigenvalue weighted by atomic mass is 32.1. The number of carbonyl (C=O) groups excluding carboxylic acids is 1. The summed E-state index contributed by atoms with van der Waals surface area (Å²) in [5, 5.41) is 10.7. The van der Waals surface area contributed by atoms with Crippen molar-refractivity contribution in [2.75, 3.05) is 26.2 Å². The van der Waals surface area contributed by atoms with E-state index in [2.05, 4.69) is 20.2 Å². The van der Waals surface area contributed by atoms with Crippen LogP contribution in [0.2, 0.25) is 0 Å². The van der Waals surface area contributed by atoms with Crippen molar-refractivity contribution < 1.29 is 9.42 Å². The lowest BCUT2D eigenvalue weighted by Gasteiger charge is -2.34. The number of aromatic nitrogens is 3. The highest BCUT2D eigenvalue weighted by Crippen LogP contribution is 2.12. The number of aryl methyl sites for hydroxylation is 2. The van der Waals surface area contributed by atoms with Gasteiger partial charge in [-0.15, -0.1) is 11.3 Å². The van der Waals surface area contributed by atoms with Gasteiger partial charge in [0.1, 0.15) is 11.4 Å². The molecule has 3 rings (SSSR count). The number of nitrogens with zero attached hydrogens (tertiary/aromatic N) is 5. The fraction of sp³-hybridized carbons (Fsp3) is 0.571. The zero-order chi connectivity index (χ0) is 15.5. The molecular formula is C14H19N5O2S. The van der Waals surface area contributed by atoms with Crippen LogP contribution in [-0.2, 0) is 17.8 Å². The van der Waals surface area contributed by atoms with E-state index in [1.54, 1.807) is 11.3 Å². The summed E-state index contributed by atoms with van der Waals surface area (Å²) in [6.07, 6.45) is 0.399. The zero-order valence-corrected chi connectivity index (χ0v) is 13.6. The Morgan fingerprint density at radius 3 is 2.64 bits per heavy atom. The van der Waals surface area contributed by atoms with Crippen LogP contribution >= 0.6 is 11.3 Å². The number of carbonyl (C=O) groups is 1. The number of piperazine rings is 1. The molecule has 8 heteroatoms. The van der Waals surface area contributed by atoms with Crippen LogP contribution in [0.25, 0.3) is 0 Å². The Bertz CT molecular complexity index is 645. The van der Waals surface area contributed by atoms with Gasteiger partial charge in [0.05, 0.1) is 17.1 Å². The molecule has 0 atom stereocenters. The van der Waals surface area contributed by atoms with Crippen molar-refractivity contribution in [3.05, 3.63) is 27.5 Å². The molecule has 118 valence electrons. The summed E-state index contributed by atoms with van der Waals surface area (Å²) in [5.41, 5.74) is 2.58. The minimum Gasteiger partial charge on any atom is -0.340 e. The maximum Gasteiger partial charge on any atom is 0.228 e. The van der Waals surface area contributed by atoms with Crippen LogP contribution in [0.15, 0.2) is 10.0 Å². The van der Waals surface area contributed by atoms with Gasteiger partial charge in [-0.2, -0.15) is 0 Å². The highest BCUT2D eigenvalue weighted by Gasteiger charge is 2.23. The Hall–Kier alpha value is -1.80. The third kappa shape index (κ3) is 3.50. The van der Waals surface area contributed by atoms with Gasteiger partial charge in [-0.1, -0.05) is 10.3 Å². The number of rotatable bonds is 4. The lowest BCUT2D eigenvalue weighted by atomic mass is 10.2. The molecule has 0 aliphatic carbocycles. The Labute approximate surface area is 132 Å². The predicted molar refractivity (Wildman–Crippen MR) is 81.4 cm³/mol. The molecule has 1 aliphatic heterocycles. The first-order valence-corrected chi connectivity index (χ1v) is 8.19. The molecule has 1 saturated heterocycles. The molecule has 0 spiro atoms. The lowest BCUT2D eigenvalue weighted by molar-refractivity contribution is -0.132. The first kappa shape index (κ1) is 15.1. The highest BCUT2D eigenvalue weighted by molar-refractivity contribution is 7.09. The molecule has 0 radical (unpaired) electrons. The number of hydrogen-bond donors (Lipinski definition) is 0. The largest absolute Gasteiger partial charge is 0.340 e. The lowest BCUT2D eigenvalue weighted by Crippen LogP contribution is -2.48. The van der Waals surface area contributed by atoms with E-state index < -0.39 is 0 Å². The van der Waals surface area contributed by atoms with Crippen LogP contribution in [0.1, 0.15) is 22.1 Å². The van der Waals surface area contributed by atoms with E-state index >= 15 is 0 Å². The average molecular weight is 321 g/mol. The SMILES string of the molecule is Cc1nc(CC(=O)N2CCN(Cc3nonc3C)CC2)cs1. The summed E-state index contributed by atoms with van der Waals surface area (Å²) in [5.74, 6) is 0.157. The van der Waals surface area contributed by atoms with E-state index in [9.17, 15) is 4.79 Å². The molecule has 7 nitrogen and oxygen atoms in total. The van der Waals surface area contributed by atoms with Gasteiger partial charge in [0.25, 0.3) is 0 Å². The van der Waals surface area contributed by atoms with Crippen LogP contribution in [0.4, 0.5) is 0 Å². The Kier molecular flexibility index (Phi) is 4.49. The van der Waals surface area contributed by atoms with Crippen molar-refractivity contribution in [1.82, 2.24) is 25.1 Å². The second-order valence-corrected chi connectivity index (χ2v) is 6.55. The van der Waals surface area contributed by atoms with Gasteiger partial charge < -0.3 is 4.90 Å². The molecule has 2 aromatic heterocycles. The number of hydrogen-bond acceptors (Lipinski definition) is 7. The second kappa shape index (κ2) is 6.53. The molecule has 1 fully saturated rings. The van der Waals surface area contributed by atoms with Gasteiger partial charge in [0.15, 0.2) is 0 Å². The van der Waals surface area contributed by atoms with Gasteiger partial charge in [0, 0.05) is 38.1 Å². The molecule has 2 aromatic rings. The van der Waals surface area contributed by atoms with Gasteiger partial charge in [-0.05, 0) is 13.8 Å². The molecule has 0 saturated carbocycles. The fourth-order valence-corrected chi connectivity index (χ4v) is 3.13.